The van der Waals surface area contributed by atoms with Crippen molar-refractivity contribution in [2.75, 3.05) is 0 Å². The van der Waals surface area contributed by atoms with Crippen LogP contribution in [0, 0.1) is 6.92 Å². The maximum Gasteiger partial charge on any atom is 0.338 e. The van der Waals surface area contributed by atoms with Crippen molar-refractivity contribution in [2.24, 2.45) is 0 Å². The Kier molecular flexibility index (Phi) is 5.31. The molecule has 0 radical (unpaired) electrons. The van der Waals surface area contributed by atoms with Crippen LogP contribution in [0.4, 0.5) is 0 Å². The SMILES string of the molecule is Cc1oc(-c2ccccc2)nc1COC(=O)c1ccc2c(=O)n3c(nc2c1)CCCCC3. The standard InChI is InChI=1S/C25H23N3O4/c1-16-21(27-23(32-16)17-8-4-2-5-9-17)15-31-25(30)18-11-12-19-20(14-18)26-22-10-6-3-7-13-28(22)24(19)29/h2,4-5,8-9,11-12,14H,3,6-7,10,13,15H2,1H3. The number of hydrogen-bond acceptors (Lipinski definition) is 6. The molecule has 0 fully saturated rings. The van der Waals surface area contributed by atoms with Crippen molar-refractivity contribution in [3.8, 4) is 11.5 Å². The van der Waals surface area contributed by atoms with Crippen LogP contribution < -0.4 is 5.56 Å². The van der Waals surface area contributed by atoms with E-state index in [0.29, 0.717) is 40.4 Å². The van der Waals surface area contributed by atoms with E-state index in [-0.39, 0.29) is 12.2 Å². The number of aryl methyl sites for hydroxylation is 2. The number of ether oxygens (including phenoxy) is 1. The number of fused-ring (bicyclic) bond motifs is 2. The number of oxazole rings is 1. The number of carbonyl (C=O) groups excluding carboxylic acids is 1. The second-order valence-corrected chi connectivity index (χ2v) is 7.99. The Bertz CT molecular complexity index is 1360. The normalized spacial score (nSPS) is 13.5. The molecule has 0 atom stereocenters. The van der Waals surface area contributed by atoms with Gasteiger partial charge in [0.25, 0.3) is 5.56 Å². The summed E-state index contributed by atoms with van der Waals surface area (Å²) in [7, 11) is 0. The van der Waals surface area contributed by atoms with Crippen LogP contribution in [0.5, 0.6) is 0 Å². The second kappa shape index (κ2) is 8.42. The first kappa shape index (κ1) is 20.2. The summed E-state index contributed by atoms with van der Waals surface area (Å²) in [5, 5.41) is 0.520. The lowest BCUT2D eigenvalue weighted by molar-refractivity contribution is 0.0467. The van der Waals surface area contributed by atoms with Crippen LogP contribution in [0.15, 0.2) is 57.7 Å². The van der Waals surface area contributed by atoms with Crippen LogP contribution in [-0.4, -0.2) is 20.5 Å². The van der Waals surface area contributed by atoms with Crippen molar-refractivity contribution in [3.05, 3.63) is 81.7 Å². The van der Waals surface area contributed by atoms with E-state index in [1.54, 1.807) is 29.7 Å². The van der Waals surface area contributed by atoms with Gasteiger partial charge in [-0.1, -0.05) is 24.6 Å². The van der Waals surface area contributed by atoms with E-state index in [0.717, 1.165) is 37.1 Å². The summed E-state index contributed by atoms with van der Waals surface area (Å²) in [5.74, 6) is 1.39. The summed E-state index contributed by atoms with van der Waals surface area (Å²) in [6, 6.07) is 14.5. The Hall–Kier alpha value is -3.74. The largest absolute Gasteiger partial charge is 0.455 e. The fourth-order valence-corrected chi connectivity index (χ4v) is 4.03. The number of esters is 1. The minimum absolute atomic E-state index is 0.000683. The molecule has 0 bridgehead atoms. The maximum absolute atomic E-state index is 12.9. The predicted molar refractivity (Wildman–Crippen MR) is 119 cm³/mol. The molecular weight excluding hydrogens is 406 g/mol. The highest BCUT2D eigenvalue weighted by Crippen LogP contribution is 2.22. The van der Waals surface area contributed by atoms with Crippen molar-refractivity contribution in [1.29, 1.82) is 0 Å². The second-order valence-electron chi connectivity index (χ2n) is 7.99. The van der Waals surface area contributed by atoms with Crippen LogP contribution in [0.2, 0.25) is 0 Å². The van der Waals surface area contributed by atoms with Crippen LogP contribution in [0.25, 0.3) is 22.4 Å². The van der Waals surface area contributed by atoms with Gasteiger partial charge in [-0.15, -0.1) is 0 Å². The van der Waals surface area contributed by atoms with Crippen molar-refractivity contribution in [1.82, 2.24) is 14.5 Å². The third kappa shape index (κ3) is 3.82. The molecule has 0 unspecified atom stereocenters. The van der Waals surface area contributed by atoms with Gasteiger partial charge in [0, 0.05) is 18.5 Å². The first-order chi connectivity index (χ1) is 15.6. The van der Waals surface area contributed by atoms with E-state index in [2.05, 4.69) is 9.97 Å². The molecule has 0 spiro atoms. The third-order valence-corrected chi connectivity index (χ3v) is 5.81. The highest BCUT2D eigenvalue weighted by Gasteiger charge is 2.17. The first-order valence-corrected chi connectivity index (χ1v) is 10.8. The van der Waals surface area contributed by atoms with Gasteiger partial charge in [-0.2, -0.15) is 0 Å². The average Bonchev–Trinajstić information content (AvgIpc) is 3.02. The van der Waals surface area contributed by atoms with Crippen LogP contribution in [0.1, 0.15) is 46.9 Å². The fraction of sp³-hybridized carbons (Fsp3) is 0.280. The number of rotatable bonds is 4. The minimum atomic E-state index is -0.493. The van der Waals surface area contributed by atoms with Gasteiger partial charge in [0.1, 0.15) is 23.9 Å². The van der Waals surface area contributed by atoms with Gasteiger partial charge < -0.3 is 9.15 Å². The van der Waals surface area contributed by atoms with Gasteiger partial charge in [-0.3, -0.25) is 9.36 Å². The lowest BCUT2D eigenvalue weighted by atomic mass is 10.1. The van der Waals surface area contributed by atoms with Gasteiger partial charge in [-0.05, 0) is 50.1 Å². The molecule has 0 saturated carbocycles. The highest BCUT2D eigenvalue weighted by atomic mass is 16.5. The van der Waals surface area contributed by atoms with E-state index in [1.165, 1.54) is 0 Å². The quantitative estimate of drug-likeness (QED) is 0.446. The summed E-state index contributed by atoms with van der Waals surface area (Å²) in [6.07, 6.45) is 3.86. The van der Waals surface area contributed by atoms with Gasteiger partial charge >= 0.3 is 5.97 Å². The number of carbonyl (C=O) groups is 1. The molecule has 2 aromatic carbocycles. The molecule has 32 heavy (non-hydrogen) atoms. The summed E-state index contributed by atoms with van der Waals surface area (Å²) in [6.45, 7) is 2.49. The van der Waals surface area contributed by atoms with Gasteiger partial charge in [-0.25, -0.2) is 14.8 Å². The van der Waals surface area contributed by atoms with Crippen molar-refractivity contribution >= 4 is 16.9 Å². The molecule has 2 aromatic heterocycles. The lowest BCUT2D eigenvalue weighted by Crippen LogP contribution is -2.24. The summed E-state index contributed by atoms with van der Waals surface area (Å²) >= 11 is 0. The van der Waals surface area contributed by atoms with Crippen LogP contribution in [-0.2, 0) is 24.3 Å². The first-order valence-electron chi connectivity index (χ1n) is 10.8. The molecule has 3 heterocycles. The van der Waals surface area contributed by atoms with Crippen molar-refractivity contribution < 1.29 is 13.9 Å². The third-order valence-electron chi connectivity index (χ3n) is 5.81. The van der Waals surface area contributed by atoms with E-state index < -0.39 is 5.97 Å². The zero-order chi connectivity index (χ0) is 22.1. The van der Waals surface area contributed by atoms with E-state index >= 15 is 0 Å². The van der Waals surface area contributed by atoms with Gasteiger partial charge in [0.15, 0.2) is 0 Å². The summed E-state index contributed by atoms with van der Waals surface area (Å²) in [4.78, 5) is 34.7. The van der Waals surface area contributed by atoms with Gasteiger partial charge in [0.05, 0.1) is 16.5 Å². The zero-order valence-electron chi connectivity index (χ0n) is 17.8. The van der Waals surface area contributed by atoms with Gasteiger partial charge in [0.2, 0.25) is 5.89 Å². The van der Waals surface area contributed by atoms with Crippen LogP contribution in [0.3, 0.4) is 0 Å². The molecule has 1 aliphatic heterocycles. The molecule has 7 heteroatoms. The smallest absolute Gasteiger partial charge is 0.338 e. The van der Waals surface area contributed by atoms with Crippen molar-refractivity contribution in [2.45, 2.75) is 45.8 Å². The molecule has 4 aromatic rings. The van der Waals surface area contributed by atoms with Crippen LogP contribution >= 0.6 is 0 Å². The molecule has 0 N–H and O–H groups in total. The monoisotopic (exact) mass is 429 g/mol. The zero-order valence-corrected chi connectivity index (χ0v) is 17.8. The fourth-order valence-electron chi connectivity index (χ4n) is 4.03. The molecule has 1 aliphatic rings. The molecule has 5 rings (SSSR count). The molecule has 7 nitrogen and oxygen atoms in total. The van der Waals surface area contributed by atoms with E-state index in [9.17, 15) is 9.59 Å². The Labute approximate surface area is 184 Å². The average molecular weight is 429 g/mol. The predicted octanol–water partition coefficient (Wildman–Crippen LogP) is 4.44. The number of aromatic nitrogens is 3. The van der Waals surface area contributed by atoms with Crippen molar-refractivity contribution in [3.63, 3.8) is 0 Å². The molecule has 0 saturated heterocycles. The highest BCUT2D eigenvalue weighted by molar-refractivity contribution is 5.94. The summed E-state index contributed by atoms with van der Waals surface area (Å²) < 4.78 is 13.0. The maximum atomic E-state index is 12.9. The minimum Gasteiger partial charge on any atom is -0.455 e. The number of hydrogen-bond donors (Lipinski definition) is 0. The Morgan fingerprint density at radius 1 is 1.09 bits per heavy atom. The van der Waals surface area contributed by atoms with E-state index in [1.807, 2.05) is 30.3 Å². The Morgan fingerprint density at radius 2 is 1.94 bits per heavy atom. The number of benzene rings is 2. The number of nitrogens with zero attached hydrogens (tertiary/aromatic N) is 3. The lowest BCUT2D eigenvalue weighted by Gasteiger charge is -2.10. The molecule has 0 amide bonds. The Morgan fingerprint density at radius 3 is 2.78 bits per heavy atom. The Balaban J connectivity index is 1.36. The topological polar surface area (TPSA) is 87.2 Å². The molecular formula is C25H23N3O4. The van der Waals surface area contributed by atoms with E-state index in [4.69, 9.17) is 9.15 Å². The summed E-state index contributed by atoms with van der Waals surface area (Å²) in [5.41, 5.74) is 2.27. The molecule has 0 aliphatic carbocycles. The molecule has 162 valence electrons.